The van der Waals surface area contributed by atoms with Crippen LogP contribution in [0.15, 0.2) is 36.7 Å². The van der Waals surface area contributed by atoms with Gasteiger partial charge in [-0.25, -0.2) is 4.39 Å². The number of aromatic nitrogens is 1. The highest BCUT2D eigenvalue weighted by Crippen LogP contribution is 2.24. The molecule has 0 radical (unpaired) electrons. The van der Waals surface area contributed by atoms with E-state index in [0.29, 0.717) is 11.1 Å². The number of hydrogen-bond donors (Lipinski definition) is 0. The van der Waals surface area contributed by atoms with Crippen molar-refractivity contribution in [2.45, 2.75) is 6.92 Å². The zero-order valence-corrected chi connectivity index (χ0v) is 8.74. The second-order valence-electron chi connectivity index (χ2n) is 3.53. The lowest BCUT2D eigenvalue weighted by atomic mass is 10.00. The Morgan fingerprint density at radius 2 is 2.06 bits per heavy atom. The average molecular weight is 212 g/mol. The molecule has 0 fully saturated rings. The predicted molar refractivity (Wildman–Crippen MR) is 59.1 cm³/mol. The standard InChI is InChI=1S/C13H9FN2/c1-9-2-3-10(6-15)4-13(9)11-5-12(14)8-16-7-11/h2-5,7-8H,1H3. The lowest BCUT2D eigenvalue weighted by Gasteiger charge is -2.05. The van der Waals surface area contributed by atoms with Crippen molar-refractivity contribution in [2.24, 2.45) is 0 Å². The Hall–Kier alpha value is -2.21. The molecule has 0 saturated heterocycles. The Morgan fingerprint density at radius 3 is 2.75 bits per heavy atom. The summed E-state index contributed by atoms with van der Waals surface area (Å²) in [6.07, 6.45) is 2.75. The second-order valence-corrected chi connectivity index (χ2v) is 3.53. The zero-order valence-electron chi connectivity index (χ0n) is 8.74. The fraction of sp³-hybridized carbons (Fsp3) is 0.0769. The number of nitriles is 1. The van der Waals surface area contributed by atoms with Gasteiger partial charge in [0, 0.05) is 11.8 Å². The van der Waals surface area contributed by atoms with E-state index in [0.717, 1.165) is 17.3 Å². The number of hydrogen-bond acceptors (Lipinski definition) is 2. The number of aryl methyl sites for hydroxylation is 1. The summed E-state index contributed by atoms with van der Waals surface area (Å²) in [6, 6.07) is 8.81. The van der Waals surface area contributed by atoms with Crippen molar-refractivity contribution < 1.29 is 4.39 Å². The smallest absolute Gasteiger partial charge is 0.142 e. The van der Waals surface area contributed by atoms with Crippen LogP contribution >= 0.6 is 0 Å². The molecular formula is C13H9FN2. The molecule has 16 heavy (non-hydrogen) atoms. The normalized spacial score (nSPS) is 9.81. The first-order chi connectivity index (χ1) is 7.70. The van der Waals surface area contributed by atoms with E-state index < -0.39 is 0 Å². The van der Waals surface area contributed by atoms with E-state index in [1.165, 1.54) is 6.07 Å². The Bertz CT molecular complexity index is 570. The van der Waals surface area contributed by atoms with Gasteiger partial charge >= 0.3 is 0 Å². The summed E-state index contributed by atoms with van der Waals surface area (Å²) in [5.41, 5.74) is 3.08. The van der Waals surface area contributed by atoms with Crippen molar-refractivity contribution in [2.75, 3.05) is 0 Å². The third-order valence-electron chi connectivity index (χ3n) is 2.38. The minimum absolute atomic E-state index is 0.376. The molecule has 2 nitrogen and oxygen atoms in total. The molecule has 1 aromatic carbocycles. The van der Waals surface area contributed by atoms with Crippen LogP contribution in [-0.2, 0) is 0 Å². The first kappa shape index (κ1) is 10.3. The highest BCUT2D eigenvalue weighted by atomic mass is 19.1. The molecule has 2 rings (SSSR count). The Balaban J connectivity index is 2.60. The van der Waals surface area contributed by atoms with Gasteiger partial charge in [0.1, 0.15) is 5.82 Å². The third kappa shape index (κ3) is 1.91. The quantitative estimate of drug-likeness (QED) is 0.728. The minimum Gasteiger partial charge on any atom is -0.261 e. The molecule has 0 aliphatic carbocycles. The molecule has 0 bridgehead atoms. The SMILES string of the molecule is Cc1ccc(C#N)cc1-c1cncc(F)c1. The van der Waals surface area contributed by atoms with Crippen LogP contribution in [0.1, 0.15) is 11.1 Å². The van der Waals surface area contributed by atoms with Gasteiger partial charge in [-0.1, -0.05) is 6.07 Å². The van der Waals surface area contributed by atoms with Gasteiger partial charge in [0.05, 0.1) is 17.8 Å². The fourth-order valence-electron chi connectivity index (χ4n) is 1.56. The molecule has 0 N–H and O–H groups in total. The van der Waals surface area contributed by atoms with Gasteiger partial charge in [-0.2, -0.15) is 5.26 Å². The van der Waals surface area contributed by atoms with E-state index >= 15 is 0 Å². The van der Waals surface area contributed by atoms with Crippen LogP contribution in [0.2, 0.25) is 0 Å². The Morgan fingerprint density at radius 1 is 1.25 bits per heavy atom. The van der Waals surface area contributed by atoms with Gasteiger partial charge in [0.15, 0.2) is 0 Å². The van der Waals surface area contributed by atoms with E-state index in [9.17, 15) is 4.39 Å². The van der Waals surface area contributed by atoms with Crippen molar-refractivity contribution in [3.05, 3.63) is 53.6 Å². The van der Waals surface area contributed by atoms with Crippen LogP contribution in [0.25, 0.3) is 11.1 Å². The predicted octanol–water partition coefficient (Wildman–Crippen LogP) is 3.07. The minimum atomic E-state index is -0.376. The first-order valence-electron chi connectivity index (χ1n) is 4.82. The van der Waals surface area contributed by atoms with Crippen LogP contribution in [0.3, 0.4) is 0 Å². The molecule has 0 aliphatic heterocycles. The van der Waals surface area contributed by atoms with Gasteiger partial charge in [0.2, 0.25) is 0 Å². The Kier molecular flexibility index (Phi) is 2.65. The van der Waals surface area contributed by atoms with Gasteiger partial charge in [-0.15, -0.1) is 0 Å². The van der Waals surface area contributed by atoms with Crippen molar-refractivity contribution in [1.82, 2.24) is 4.98 Å². The molecule has 78 valence electrons. The maximum atomic E-state index is 13.0. The molecule has 0 aliphatic rings. The van der Waals surface area contributed by atoms with Crippen molar-refractivity contribution in [1.29, 1.82) is 5.26 Å². The highest BCUT2D eigenvalue weighted by molar-refractivity contribution is 5.68. The summed E-state index contributed by atoms with van der Waals surface area (Å²) in [6.45, 7) is 1.92. The summed E-state index contributed by atoms with van der Waals surface area (Å²) >= 11 is 0. The zero-order chi connectivity index (χ0) is 11.5. The van der Waals surface area contributed by atoms with E-state index in [-0.39, 0.29) is 5.82 Å². The largest absolute Gasteiger partial charge is 0.261 e. The molecule has 1 aromatic heterocycles. The molecule has 0 amide bonds. The third-order valence-corrected chi connectivity index (χ3v) is 2.38. The molecule has 0 unspecified atom stereocenters. The molecule has 2 aromatic rings. The molecule has 0 saturated carbocycles. The van der Waals surface area contributed by atoms with Gasteiger partial charge in [0.25, 0.3) is 0 Å². The van der Waals surface area contributed by atoms with Crippen molar-refractivity contribution in [3.8, 4) is 17.2 Å². The maximum Gasteiger partial charge on any atom is 0.142 e. The topological polar surface area (TPSA) is 36.7 Å². The van der Waals surface area contributed by atoms with Crippen LogP contribution in [-0.4, -0.2) is 4.98 Å². The summed E-state index contributed by atoms with van der Waals surface area (Å²) in [5.74, 6) is -0.376. The van der Waals surface area contributed by atoms with E-state index in [2.05, 4.69) is 11.1 Å². The monoisotopic (exact) mass is 212 g/mol. The molecular weight excluding hydrogens is 203 g/mol. The van der Waals surface area contributed by atoms with Crippen LogP contribution in [0.4, 0.5) is 4.39 Å². The highest BCUT2D eigenvalue weighted by Gasteiger charge is 2.04. The first-order valence-corrected chi connectivity index (χ1v) is 4.82. The lowest BCUT2D eigenvalue weighted by molar-refractivity contribution is 0.622. The van der Waals surface area contributed by atoms with Gasteiger partial charge < -0.3 is 0 Å². The molecule has 3 heteroatoms. The van der Waals surface area contributed by atoms with Crippen molar-refractivity contribution >= 4 is 0 Å². The van der Waals surface area contributed by atoms with E-state index in [4.69, 9.17) is 5.26 Å². The maximum absolute atomic E-state index is 13.0. The summed E-state index contributed by atoms with van der Waals surface area (Å²) in [5, 5.41) is 8.81. The van der Waals surface area contributed by atoms with Gasteiger partial charge in [-0.3, -0.25) is 4.98 Å². The van der Waals surface area contributed by atoms with Crippen LogP contribution < -0.4 is 0 Å². The summed E-state index contributed by atoms with van der Waals surface area (Å²) in [4.78, 5) is 3.80. The summed E-state index contributed by atoms with van der Waals surface area (Å²) < 4.78 is 13.0. The number of rotatable bonds is 1. The number of halogens is 1. The average Bonchev–Trinajstić information content (AvgIpc) is 2.30. The van der Waals surface area contributed by atoms with Gasteiger partial charge in [-0.05, 0) is 36.2 Å². The van der Waals surface area contributed by atoms with E-state index in [1.54, 1.807) is 18.3 Å². The number of pyridine rings is 1. The number of benzene rings is 1. The molecule has 0 atom stereocenters. The molecule has 1 heterocycles. The second kappa shape index (κ2) is 4.11. The summed E-state index contributed by atoms with van der Waals surface area (Å²) in [7, 11) is 0. The molecule has 0 spiro atoms. The van der Waals surface area contributed by atoms with Crippen molar-refractivity contribution in [3.63, 3.8) is 0 Å². The van der Waals surface area contributed by atoms with E-state index in [1.807, 2.05) is 13.0 Å². The number of nitrogens with zero attached hydrogens (tertiary/aromatic N) is 2. The lowest BCUT2D eigenvalue weighted by Crippen LogP contribution is -1.87. The van der Waals surface area contributed by atoms with Crippen LogP contribution in [0.5, 0.6) is 0 Å². The Labute approximate surface area is 93.0 Å². The van der Waals surface area contributed by atoms with Crippen LogP contribution in [0, 0.1) is 24.1 Å². The fourth-order valence-corrected chi connectivity index (χ4v) is 1.56.